The molecular formula is C27H18N2O11S2. The van der Waals surface area contributed by atoms with Crippen molar-refractivity contribution in [1.29, 1.82) is 0 Å². The normalized spacial score (nSPS) is 12.4. The van der Waals surface area contributed by atoms with E-state index in [1.54, 1.807) is 26.0 Å². The van der Waals surface area contributed by atoms with Crippen molar-refractivity contribution in [3.8, 4) is 22.6 Å². The Kier molecular flexibility index (Phi) is 6.79. The molecule has 0 aromatic heterocycles. The van der Waals surface area contributed by atoms with Crippen LogP contribution >= 0.6 is 0 Å². The molecule has 214 valence electrons. The van der Waals surface area contributed by atoms with Gasteiger partial charge in [0, 0.05) is 23.3 Å². The molecule has 1 aliphatic rings. The third kappa shape index (κ3) is 5.06. The van der Waals surface area contributed by atoms with Crippen molar-refractivity contribution in [3.05, 3.63) is 115 Å². The molecule has 0 aliphatic heterocycles. The zero-order chi connectivity index (χ0) is 30.6. The van der Waals surface area contributed by atoms with Gasteiger partial charge < -0.3 is 8.37 Å². The predicted molar refractivity (Wildman–Crippen MR) is 147 cm³/mol. The monoisotopic (exact) mass is 610 g/mol. The quantitative estimate of drug-likeness (QED) is 0.132. The van der Waals surface area contributed by atoms with Gasteiger partial charge in [0.05, 0.1) is 21.0 Å². The second-order valence-electron chi connectivity index (χ2n) is 9.28. The zero-order valence-electron chi connectivity index (χ0n) is 21.6. The Morgan fingerprint density at radius 2 is 1.00 bits per heavy atom. The highest BCUT2D eigenvalue weighted by Gasteiger charge is 2.42. The van der Waals surface area contributed by atoms with Crippen LogP contribution in [-0.2, 0) is 20.2 Å². The molecular weight excluding hydrogens is 592 g/mol. The highest BCUT2D eigenvalue weighted by molar-refractivity contribution is 7.87. The number of ketones is 1. The average molecular weight is 611 g/mol. The fourth-order valence-electron chi connectivity index (χ4n) is 4.49. The topological polar surface area (TPSA) is 190 Å². The number of hydrogen-bond acceptors (Lipinski definition) is 11. The SMILES string of the molecule is Cc1cccc(OS(=O)(=O)c2cc3c(c([N+](=O)[O-])c2)-c2c(cc(S(=O)(=O)Oc4cccc(C)c4)cc2[N+](=O)[O-])C3=O)c1. The molecule has 4 aromatic rings. The third-order valence-electron chi connectivity index (χ3n) is 6.28. The Hall–Kier alpha value is -5.15. The molecule has 0 amide bonds. The van der Waals surface area contributed by atoms with Gasteiger partial charge in [-0.3, -0.25) is 25.0 Å². The van der Waals surface area contributed by atoms with E-state index in [9.17, 15) is 41.9 Å². The Morgan fingerprint density at radius 3 is 1.33 bits per heavy atom. The standard InChI is InChI=1S/C27H18N2O11S2/c1-15-5-3-7-17(9-15)39-41(35,36)19-11-21-25(23(13-19)28(31)32)26-22(27(21)30)12-20(14-24(26)29(33)34)42(37,38)40-18-8-4-6-16(2)10-18/h3-14H,1-2H3. The van der Waals surface area contributed by atoms with Gasteiger partial charge in [-0.05, 0) is 61.4 Å². The molecule has 0 atom stereocenters. The van der Waals surface area contributed by atoms with Gasteiger partial charge in [0.1, 0.15) is 21.3 Å². The third-order valence-corrected chi connectivity index (χ3v) is 8.73. The highest BCUT2D eigenvalue weighted by Crippen LogP contribution is 2.49. The lowest BCUT2D eigenvalue weighted by molar-refractivity contribution is -0.386. The summed E-state index contributed by atoms with van der Waals surface area (Å²) < 4.78 is 62.5. The van der Waals surface area contributed by atoms with Gasteiger partial charge in [0.15, 0.2) is 5.78 Å². The number of nitro benzene ring substituents is 2. The van der Waals surface area contributed by atoms with Crippen molar-refractivity contribution in [3.63, 3.8) is 0 Å². The van der Waals surface area contributed by atoms with E-state index in [0.29, 0.717) is 23.3 Å². The Balaban J connectivity index is 1.67. The highest BCUT2D eigenvalue weighted by atomic mass is 32.2. The zero-order valence-corrected chi connectivity index (χ0v) is 23.3. The molecule has 4 aromatic carbocycles. The van der Waals surface area contributed by atoms with Gasteiger partial charge >= 0.3 is 20.2 Å². The van der Waals surface area contributed by atoms with Gasteiger partial charge in [-0.25, -0.2) is 0 Å². The van der Waals surface area contributed by atoms with Crippen LogP contribution in [0.1, 0.15) is 27.0 Å². The Morgan fingerprint density at radius 1 is 0.619 bits per heavy atom. The second kappa shape index (κ2) is 10.0. The minimum absolute atomic E-state index is 0.0909. The number of carbonyl (C=O) groups excluding carboxylic acids is 1. The summed E-state index contributed by atoms with van der Waals surface area (Å²) in [6.45, 7) is 3.37. The molecule has 5 rings (SSSR count). The smallest absolute Gasteiger partial charge is 0.339 e. The number of nitrogens with zero attached hydrogens (tertiary/aromatic N) is 2. The van der Waals surface area contributed by atoms with E-state index in [4.69, 9.17) is 8.37 Å². The van der Waals surface area contributed by atoms with Crippen LogP contribution in [0.4, 0.5) is 11.4 Å². The molecule has 0 unspecified atom stereocenters. The molecule has 0 spiro atoms. The molecule has 0 bridgehead atoms. The first-order valence-electron chi connectivity index (χ1n) is 11.9. The summed E-state index contributed by atoms with van der Waals surface area (Å²) in [6, 6.07) is 14.8. The summed E-state index contributed by atoms with van der Waals surface area (Å²) in [5.74, 6) is -1.25. The number of benzene rings is 4. The van der Waals surface area contributed by atoms with Crippen molar-refractivity contribution in [2.75, 3.05) is 0 Å². The average Bonchev–Trinajstić information content (AvgIpc) is 3.19. The van der Waals surface area contributed by atoms with E-state index in [-0.39, 0.29) is 11.5 Å². The molecule has 0 saturated carbocycles. The van der Waals surface area contributed by atoms with Gasteiger partial charge in [0.25, 0.3) is 11.4 Å². The molecule has 0 heterocycles. The second-order valence-corrected chi connectivity index (χ2v) is 12.4. The van der Waals surface area contributed by atoms with Crippen LogP contribution in [0.5, 0.6) is 11.5 Å². The summed E-state index contributed by atoms with van der Waals surface area (Å²) in [5.41, 5.74) is -2.68. The van der Waals surface area contributed by atoms with Crippen molar-refractivity contribution in [1.82, 2.24) is 0 Å². The molecule has 0 radical (unpaired) electrons. The first kappa shape index (κ1) is 28.4. The fourth-order valence-corrected chi connectivity index (χ4v) is 6.43. The number of fused-ring (bicyclic) bond motifs is 3. The number of carbonyl (C=O) groups is 1. The molecule has 0 N–H and O–H groups in total. The van der Waals surface area contributed by atoms with Crippen molar-refractivity contribution >= 4 is 37.4 Å². The van der Waals surface area contributed by atoms with E-state index in [0.717, 1.165) is 12.1 Å². The molecule has 1 aliphatic carbocycles. The van der Waals surface area contributed by atoms with Gasteiger partial charge in [0.2, 0.25) is 0 Å². The van der Waals surface area contributed by atoms with Gasteiger partial charge in [-0.2, -0.15) is 16.8 Å². The van der Waals surface area contributed by atoms with Crippen LogP contribution in [0.3, 0.4) is 0 Å². The predicted octanol–water partition coefficient (Wildman–Crippen LogP) is 4.87. The van der Waals surface area contributed by atoms with Crippen LogP contribution < -0.4 is 8.37 Å². The van der Waals surface area contributed by atoms with E-state index in [1.807, 2.05) is 0 Å². The minimum atomic E-state index is -4.72. The van der Waals surface area contributed by atoms with E-state index in [1.165, 1.54) is 36.4 Å². The number of hydrogen-bond donors (Lipinski definition) is 0. The molecule has 13 nitrogen and oxygen atoms in total. The maximum absolute atomic E-state index is 13.5. The lowest BCUT2D eigenvalue weighted by atomic mass is 10.0. The molecule has 0 fully saturated rings. The largest absolute Gasteiger partial charge is 0.379 e. The summed E-state index contributed by atoms with van der Waals surface area (Å²) in [6.07, 6.45) is 0. The maximum atomic E-state index is 13.5. The summed E-state index contributed by atoms with van der Waals surface area (Å²) in [4.78, 5) is 34.1. The molecule has 42 heavy (non-hydrogen) atoms. The van der Waals surface area contributed by atoms with Crippen LogP contribution in [0, 0.1) is 34.1 Å². The van der Waals surface area contributed by atoms with Crippen molar-refractivity contribution in [2.45, 2.75) is 23.6 Å². The maximum Gasteiger partial charge on any atom is 0.339 e. The van der Waals surface area contributed by atoms with E-state index < -0.39 is 79.3 Å². The van der Waals surface area contributed by atoms with Crippen molar-refractivity contribution < 1.29 is 39.8 Å². The first-order chi connectivity index (χ1) is 19.7. The Bertz CT molecular complexity index is 1920. The Labute approximate surface area is 238 Å². The van der Waals surface area contributed by atoms with Crippen LogP contribution in [0.15, 0.2) is 82.6 Å². The lowest BCUT2D eigenvalue weighted by Crippen LogP contribution is -2.12. The lowest BCUT2D eigenvalue weighted by Gasteiger charge is -2.10. The van der Waals surface area contributed by atoms with E-state index >= 15 is 0 Å². The van der Waals surface area contributed by atoms with E-state index in [2.05, 4.69) is 0 Å². The fraction of sp³-hybridized carbons (Fsp3) is 0.0741. The molecule has 15 heteroatoms. The molecule has 0 saturated heterocycles. The van der Waals surface area contributed by atoms with Crippen LogP contribution in [-0.4, -0.2) is 32.5 Å². The van der Waals surface area contributed by atoms with Gasteiger partial charge in [-0.1, -0.05) is 24.3 Å². The number of rotatable bonds is 8. The van der Waals surface area contributed by atoms with Crippen LogP contribution in [0.2, 0.25) is 0 Å². The van der Waals surface area contributed by atoms with Crippen molar-refractivity contribution in [2.24, 2.45) is 0 Å². The van der Waals surface area contributed by atoms with Gasteiger partial charge in [-0.15, -0.1) is 0 Å². The summed E-state index contributed by atoms with van der Waals surface area (Å²) in [7, 11) is -9.44. The first-order valence-corrected chi connectivity index (χ1v) is 14.7. The number of aryl methyl sites for hydroxylation is 2. The van der Waals surface area contributed by atoms with Crippen LogP contribution in [0.25, 0.3) is 11.1 Å². The summed E-state index contributed by atoms with van der Waals surface area (Å²) in [5, 5.41) is 24.1. The minimum Gasteiger partial charge on any atom is -0.379 e. The number of nitro groups is 2. The summed E-state index contributed by atoms with van der Waals surface area (Å²) >= 11 is 0.